The van der Waals surface area contributed by atoms with Gasteiger partial charge >= 0.3 is 12.3 Å². The van der Waals surface area contributed by atoms with Crippen LogP contribution in [-0.4, -0.2) is 29.7 Å². The highest BCUT2D eigenvalue weighted by atomic mass is 19.4. The van der Waals surface area contributed by atoms with Crippen molar-refractivity contribution in [1.29, 1.82) is 0 Å². The zero-order chi connectivity index (χ0) is 19.5. The molecule has 0 radical (unpaired) electrons. The van der Waals surface area contributed by atoms with Crippen LogP contribution in [0.5, 0.6) is 0 Å². The van der Waals surface area contributed by atoms with Crippen molar-refractivity contribution in [3.05, 3.63) is 34.9 Å². The van der Waals surface area contributed by atoms with Gasteiger partial charge in [-0.15, -0.1) is 0 Å². The molecule has 0 atom stereocenters. The van der Waals surface area contributed by atoms with Gasteiger partial charge in [0.25, 0.3) is 0 Å². The molecule has 0 aromatic heterocycles. The molecule has 144 valence electrons. The number of carbonyl (C=O) groups is 1. The fourth-order valence-electron chi connectivity index (χ4n) is 3.88. The molecule has 8 heteroatoms. The van der Waals surface area contributed by atoms with Crippen molar-refractivity contribution < 1.29 is 31.5 Å². The summed E-state index contributed by atoms with van der Waals surface area (Å²) in [5.74, 6) is -3.85. The van der Waals surface area contributed by atoms with Gasteiger partial charge in [-0.2, -0.15) is 13.2 Å². The number of nitrogens with zero attached hydrogens (tertiary/aromatic N) is 1. The summed E-state index contributed by atoms with van der Waals surface area (Å²) in [5.41, 5.74) is -2.59. The zero-order valence-electron chi connectivity index (χ0n) is 14.7. The summed E-state index contributed by atoms with van der Waals surface area (Å²) in [7, 11) is 0. The maximum atomic E-state index is 13.7. The standard InChI is InChI=1S/C18H20F5NO2/c1-16(2,3)26-15(25)24-8-17(9-24)6-10(7-17)11-4-5-12(19)14(20)13(11)18(21,22)23/h4-5,10H,6-9H2,1-3H3. The molecule has 3 nitrogen and oxygen atoms in total. The van der Waals surface area contributed by atoms with Crippen LogP contribution in [0.15, 0.2) is 12.1 Å². The number of hydrogen-bond acceptors (Lipinski definition) is 2. The predicted molar refractivity (Wildman–Crippen MR) is 83.6 cm³/mol. The maximum Gasteiger partial charge on any atom is 0.419 e. The first-order valence-electron chi connectivity index (χ1n) is 8.34. The van der Waals surface area contributed by atoms with E-state index in [4.69, 9.17) is 4.74 Å². The highest BCUT2D eigenvalue weighted by Gasteiger charge is 2.56. The number of halogens is 5. The molecule has 0 bridgehead atoms. The first-order chi connectivity index (χ1) is 11.8. The summed E-state index contributed by atoms with van der Waals surface area (Å²) in [5, 5.41) is 0. The SMILES string of the molecule is CC(C)(C)OC(=O)N1CC2(CC(c3ccc(F)c(F)c3C(F)(F)F)C2)C1. The summed E-state index contributed by atoms with van der Waals surface area (Å²) >= 11 is 0. The maximum absolute atomic E-state index is 13.7. The smallest absolute Gasteiger partial charge is 0.419 e. The fraction of sp³-hybridized carbons (Fsp3) is 0.611. The van der Waals surface area contributed by atoms with E-state index in [9.17, 15) is 26.7 Å². The van der Waals surface area contributed by atoms with Gasteiger partial charge in [0, 0.05) is 18.5 Å². The summed E-state index contributed by atoms with van der Waals surface area (Å²) in [6.07, 6.45) is -4.59. The Hall–Kier alpha value is -1.86. The molecule has 1 heterocycles. The topological polar surface area (TPSA) is 29.5 Å². The van der Waals surface area contributed by atoms with Gasteiger partial charge in [0.1, 0.15) is 5.60 Å². The fourth-order valence-corrected chi connectivity index (χ4v) is 3.88. The molecular formula is C18H20F5NO2. The van der Waals surface area contributed by atoms with E-state index in [1.807, 2.05) is 0 Å². The lowest BCUT2D eigenvalue weighted by Gasteiger charge is -2.59. The van der Waals surface area contributed by atoms with Gasteiger partial charge in [-0.3, -0.25) is 0 Å². The number of ether oxygens (including phenoxy) is 1. The second-order valence-electron chi connectivity index (χ2n) is 8.26. The number of amides is 1. The average Bonchev–Trinajstić information content (AvgIpc) is 2.35. The Morgan fingerprint density at radius 2 is 1.73 bits per heavy atom. The van der Waals surface area contributed by atoms with Gasteiger partial charge in [0.05, 0.1) is 5.56 Å². The van der Waals surface area contributed by atoms with Crippen molar-refractivity contribution in [1.82, 2.24) is 4.90 Å². The molecule has 2 aliphatic rings. The molecule has 26 heavy (non-hydrogen) atoms. The molecule has 0 N–H and O–H groups in total. The summed E-state index contributed by atoms with van der Waals surface area (Å²) < 4.78 is 71.7. The minimum absolute atomic E-state index is 0.210. The third kappa shape index (κ3) is 3.38. The Morgan fingerprint density at radius 3 is 2.23 bits per heavy atom. The largest absolute Gasteiger partial charge is 0.444 e. The number of alkyl halides is 3. The minimum atomic E-state index is -4.95. The number of benzene rings is 1. The van der Waals surface area contributed by atoms with E-state index >= 15 is 0 Å². The van der Waals surface area contributed by atoms with Crippen LogP contribution in [0, 0.1) is 17.0 Å². The van der Waals surface area contributed by atoms with Crippen LogP contribution in [0.4, 0.5) is 26.7 Å². The van der Waals surface area contributed by atoms with E-state index in [0.717, 1.165) is 12.1 Å². The van der Waals surface area contributed by atoms with Crippen LogP contribution in [0.2, 0.25) is 0 Å². The van der Waals surface area contributed by atoms with E-state index in [1.165, 1.54) is 4.90 Å². The summed E-state index contributed by atoms with van der Waals surface area (Å²) in [6.45, 7) is 6.07. The van der Waals surface area contributed by atoms with E-state index in [1.54, 1.807) is 20.8 Å². The third-order valence-corrected chi connectivity index (χ3v) is 4.91. The van der Waals surface area contributed by atoms with Crippen LogP contribution in [-0.2, 0) is 10.9 Å². The highest BCUT2D eigenvalue weighted by Crippen LogP contribution is 2.57. The second-order valence-corrected chi connectivity index (χ2v) is 8.26. The summed E-state index contributed by atoms with van der Waals surface area (Å²) in [4.78, 5) is 13.5. The Bertz CT molecular complexity index is 724. The first-order valence-corrected chi connectivity index (χ1v) is 8.34. The van der Waals surface area contributed by atoms with Crippen LogP contribution in [0.25, 0.3) is 0 Å². The Morgan fingerprint density at radius 1 is 1.15 bits per heavy atom. The molecule has 1 amide bonds. The highest BCUT2D eigenvalue weighted by molar-refractivity contribution is 5.69. The van der Waals surface area contributed by atoms with Crippen molar-refractivity contribution in [2.24, 2.45) is 5.41 Å². The monoisotopic (exact) mass is 377 g/mol. The van der Waals surface area contributed by atoms with Crippen molar-refractivity contribution in [3.63, 3.8) is 0 Å². The normalized spacial score (nSPS) is 19.9. The van der Waals surface area contributed by atoms with Crippen molar-refractivity contribution in [2.75, 3.05) is 13.1 Å². The quantitative estimate of drug-likeness (QED) is 0.638. The van der Waals surface area contributed by atoms with Crippen LogP contribution in [0.1, 0.15) is 50.7 Å². The molecule has 1 saturated heterocycles. The molecule has 1 aliphatic heterocycles. The van der Waals surface area contributed by atoms with Crippen LogP contribution in [0.3, 0.4) is 0 Å². The van der Waals surface area contributed by atoms with Crippen molar-refractivity contribution in [2.45, 2.75) is 51.3 Å². The van der Waals surface area contributed by atoms with Gasteiger partial charge in [-0.05, 0) is 51.2 Å². The number of likely N-dealkylation sites (tertiary alicyclic amines) is 1. The number of rotatable bonds is 1. The number of hydrogen-bond donors (Lipinski definition) is 0. The Balaban J connectivity index is 1.67. The van der Waals surface area contributed by atoms with Gasteiger partial charge < -0.3 is 9.64 Å². The molecular weight excluding hydrogens is 357 g/mol. The molecule has 0 unspecified atom stereocenters. The Labute approximate surface area is 148 Å². The third-order valence-electron chi connectivity index (χ3n) is 4.91. The average molecular weight is 377 g/mol. The van der Waals surface area contributed by atoms with Crippen molar-refractivity contribution >= 4 is 6.09 Å². The van der Waals surface area contributed by atoms with Gasteiger partial charge in [-0.1, -0.05) is 6.07 Å². The lowest BCUT2D eigenvalue weighted by molar-refractivity contribution is -0.142. The van der Waals surface area contributed by atoms with E-state index < -0.39 is 41.0 Å². The molecule has 1 spiro atoms. The molecule has 1 saturated carbocycles. The second kappa shape index (κ2) is 5.82. The van der Waals surface area contributed by atoms with Crippen LogP contribution >= 0.6 is 0 Å². The van der Waals surface area contributed by atoms with E-state index in [2.05, 4.69) is 0 Å². The molecule has 3 rings (SSSR count). The van der Waals surface area contributed by atoms with Gasteiger partial charge in [0.2, 0.25) is 0 Å². The number of carbonyl (C=O) groups excluding carboxylic acids is 1. The van der Waals surface area contributed by atoms with E-state index in [0.29, 0.717) is 25.9 Å². The first kappa shape index (κ1) is 18.9. The van der Waals surface area contributed by atoms with Crippen molar-refractivity contribution in [3.8, 4) is 0 Å². The Kier molecular flexibility index (Phi) is 4.24. The van der Waals surface area contributed by atoms with Gasteiger partial charge in [0.15, 0.2) is 11.6 Å². The van der Waals surface area contributed by atoms with Gasteiger partial charge in [-0.25, -0.2) is 13.6 Å². The summed E-state index contributed by atoms with van der Waals surface area (Å²) in [6, 6.07) is 1.75. The van der Waals surface area contributed by atoms with Crippen LogP contribution < -0.4 is 0 Å². The molecule has 1 aliphatic carbocycles. The zero-order valence-corrected chi connectivity index (χ0v) is 14.7. The lowest BCUT2D eigenvalue weighted by atomic mass is 9.56. The molecule has 2 fully saturated rings. The molecule has 1 aromatic carbocycles. The lowest BCUT2D eigenvalue weighted by Crippen LogP contribution is -2.63. The van der Waals surface area contributed by atoms with E-state index in [-0.39, 0.29) is 11.0 Å². The minimum Gasteiger partial charge on any atom is -0.444 e. The molecule has 1 aromatic rings. The predicted octanol–water partition coefficient (Wildman–Crippen LogP) is 5.10.